The van der Waals surface area contributed by atoms with Crippen LogP contribution in [-0.4, -0.2) is 72.4 Å². The van der Waals surface area contributed by atoms with E-state index in [1.807, 2.05) is 34.6 Å². The molecule has 2 aromatic rings. The van der Waals surface area contributed by atoms with Crippen LogP contribution in [0.5, 0.6) is 5.88 Å². The number of amides is 1. The number of fused-ring (bicyclic) bond motifs is 1. The predicted molar refractivity (Wildman–Crippen MR) is 124 cm³/mol. The summed E-state index contributed by atoms with van der Waals surface area (Å²) < 4.78 is 25.0. The third-order valence-electron chi connectivity index (χ3n) is 4.86. The molecule has 1 aliphatic heterocycles. The molecule has 3 heterocycles. The Bertz CT molecular complexity index is 888. The number of carbonyl (C=O) groups is 1. The van der Waals surface area contributed by atoms with Gasteiger partial charge in [0, 0.05) is 50.4 Å². The molecule has 0 spiro atoms. The average Bonchev–Trinajstić information content (AvgIpc) is 2.77. The largest absolute Gasteiger partial charge is 0.481 e. The number of halogens is 1. The van der Waals surface area contributed by atoms with Crippen molar-refractivity contribution in [3.05, 3.63) is 29.7 Å². The number of alkyl carbamates (subject to hydrolysis) is 1. The van der Waals surface area contributed by atoms with Gasteiger partial charge in [0.2, 0.25) is 5.88 Å². The van der Waals surface area contributed by atoms with Gasteiger partial charge in [-0.15, -0.1) is 0 Å². The molecule has 3 rings (SSSR count). The molecule has 1 aliphatic rings. The molecule has 8 nitrogen and oxygen atoms in total. The fourth-order valence-corrected chi connectivity index (χ4v) is 3.45. The molecule has 9 heteroatoms. The maximum atomic E-state index is 14.5. The zero-order valence-electron chi connectivity index (χ0n) is 20.0. The van der Waals surface area contributed by atoms with Crippen LogP contribution in [0.3, 0.4) is 0 Å². The summed E-state index contributed by atoms with van der Waals surface area (Å²) >= 11 is 0. The third-order valence-corrected chi connectivity index (χ3v) is 4.86. The van der Waals surface area contributed by atoms with Crippen LogP contribution in [0.4, 0.5) is 9.18 Å². The first-order chi connectivity index (χ1) is 15.2. The van der Waals surface area contributed by atoms with Gasteiger partial charge >= 0.3 is 6.09 Å². The summed E-state index contributed by atoms with van der Waals surface area (Å²) in [4.78, 5) is 22.6. The Balaban J connectivity index is 0.00000176. The Kier molecular flexibility index (Phi) is 9.59. The van der Waals surface area contributed by atoms with Gasteiger partial charge in [-0.2, -0.15) is 0 Å². The normalized spacial score (nSPS) is 16.8. The van der Waals surface area contributed by atoms with Crippen LogP contribution >= 0.6 is 0 Å². The lowest BCUT2D eigenvalue weighted by Gasteiger charge is -2.34. The number of piperazine rings is 1. The molecule has 178 valence electrons. The van der Waals surface area contributed by atoms with Crippen LogP contribution < -0.4 is 15.4 Å². The van der Waals surface area contributed by atoms with Crippen molar-refractivity contribution in [2.24, 2.45) is 0 Å². The van der Waals surface area contributed by atoms with E-state index in [1.165, 1.54) is 13.3 Å². The van der Waals surface area contributed by atoms with Crippen molar-refractivity contribution in [1.82, 2.24) is 25.5 Å². The van der Waals surface area contributed by atoms with E-state index in [4.69, 9.17) is 9.47 Å². The summed E-state index contributed by atoms with van der Waals surface area (Å²) in [6.07, 6.45) is 1.33. The molecule has 2 N–H and O–H groups in total. The van der Waals surface area contributed by atoms with Crippen molar-refractivity contribution < 1.29 is 18.7 Å². The maximum Gasteiger partial charge on any atom is 0.407 e. The lowest BCUT2D eigenvalue weighted by molar-refractivity contribution is 0.0515. The minimum absolute atomic E-state index is 0.100. The zero-order chi connectivity index (χ0) is 23.7. The van der Waals surface area contributed by atoms with Gasteiger partial charge < -0.3 is 25.0 Å². The Morgan fingerprint density at radius 1 is 1.34 bits per heavy atom. The lowest BCUT2D eigenvalue weighted by Crippen LogP contribution is -2.55. The first-order valence-corrected chi connectivity index (χ1v) is 11.2. The van der Waals surface area contributed by atoms with Crippen LogP contribution in [0.25, 0.3) is 11.0 Å². The van der Waals surface area contributed by atoms with Crippen LogP contribution in [0, 0.1) is 5.82 Å². The maximum absolute atomic E-state index is 14.5. The summed E-state index contributed by atoms with van der Waals surface area (Å²) in [7, 11) is 1.53. The van der Waals surface area contributed by atoms with Gasteiger partial charge in [-0.3, -0.25) is 4.98 Å². The van der Waals surface area contributed by atoms with Gasteiger partial charge in [0.1, 0.15) is 11.4 Å². The van der Waals surface area contributed by atoms with E-state index in [1.54, 1.807) is 12.1 Å². The minimum atomic E-state index is -0.524. The van der Waals surface area contributed by atoms with Crippen molar-refractivity contribution in [3.63, 3.8) is 0 Å². The fraction of sp³-hybridized carbons (Fsp3) is 0.609. The quantitative estimate of drug-likeness (QED) is 0.700. The van der Waals surface area contributed by atoms with Crippen LogP contribution in [-0.2, 0) is 11.2 Å². The highest BCUT2D eigenvalue weighted by Gasteiger charge is 2.22. The zero-order valence-corrected chi connectivity index (χ0v) is 20.0. The van der Waals surface area contributed by atoms with E-state index in [9.17, 15) is 9.18 Å². The highest BCUT2D eigenvalue weighted by atomic mass is 19.1. The lowest BCUT2D eigenvalue weighted by atomic mass is 10.1. The molecule has 0 saturated carbocycles. The number of methoxy groups -OCH3 is 1. The van der Waals surface area contributed by atoms with Gasteiger partial charge in [0.25, 0.3) is 0 Å². The van der Waals surface area contributed by atoms with Crippen molar-refractivity contribution >= 4 is 17.1 Å². The molecule has 0 aromatic carbocycles. The number of rotatable bonds is 6. The number of hydrogen-bond acceptors (Lipinski definition) is 7. The highest BCUT2D eigenvalue weighted by molar-refractivity contribution is 5.78. The average molecular weight is 450 g/mol. The number of nitrogens with one attached hydrogen (secondary N) is 2. The van der Waals surface area contributed by atoms with E-state index >= 15 is 0 Å². The standard InChI is InChI=1S/C21H30FN5O3.C2H6/c1-21(2,3)30-20(28)25-11-14-13-27(10-8-23-14)9-7-15-16(22)12-24-17-5-6-18(29-4)26-19(15)17;1-2/h5-6,12,14,23H,7-11,13H2,1-4H3,(H,25,28);1-2H3. The number of hydrogen-bond donors (Lipinski definition) is 2. The fourth-order valence-electron chi connectivity index (χ4n) is 3.45. The smallest absolute Gasteiger partial charge is 0.407 e. The van der Waals surface area contributed by atoms with Crippen molar-refractivity contribution in [2.45, 2.75) is 52.7 Å². The second-order valence-electron chi connectivity index (χ2n) is 8.39. The molecular formula is C23H36FN5O3. The number of nitrogens with zero attached hydrogens (tertiary/aromatic N) is 3. The molecule has 32 heavy (non-hydrogen) atoms. The van der Waals surface area contributed by atoms with Crippen LogP contribution in [0.15, 0.2) is 18.3 Å². The number of aromatic nitrogens is 2. The van der Waals surface area contributed by atoms with Gasteiger partial charge in [0.15, 0.2) is 0 Å². The molecular weight excluding hydrogens is 413 g/mol. The SMILES string of the molecule is CC.COc1ccc2ncc(F)c(CCN3CCNC(CNC(=O)OC(C)(C)C)C3)c2n1. The van der Waals surface area contributed by atoms with Crippen molar-refractivity contribution in [3.8, 4) is 5.88 Å². The molecule has 0 radical (unpaired) electrons. The van der Waals surface area contributed by atoms with Gasteiger partial charge in [-0.25, -0.2) is 14.2 Å². The molecule has 2 aromatic heterocycles. The molecule has 1 atom stereocenters. The Labute approximate surface area is 189 Å². The molecule has 1 fully saturated rings. The first kappa shape index (κ1) is 25.7. The summed E-state index contributed by atoms with van der Waals surface area (Å²) in [6.45, 7) is 13.0. The van der Waals surface area contributed by atoms with Crippen LogP contribution in [0.1, 0.15) is 40.2 Å². The molecule has 1 saturated heterocycles. The van der Waals surface area contributed by atoms with E-state index in [0.717, 1.165) is 19.6 Å². The van der Waals surface area contributed by atoms with E-state index in [2.05, 4.69) is 25.5 Å². The minimum Gasteiger partial charge on any atom is -0.481 e. The number of carbonyl (C=O) groups excluding carboxylic acids is 1. The second-order valence-corrected chi connectivity index (χ2v) is 8.39. The highest BCUT2D eigenvalue weighted by Crippen LogP contribution is 2.21. The van der Waals surface area contributed by atoms with E-state index in [-0.39, 0.29) is 11.9 Å². The van der Waals surface area contributed by atoms with Gasteiger partial charge in [-0.05, 0) is 33.3 Å². The Morgan fingerprint density at radius 3 is 2.78 bits per heavy atom. The van der Waals surface area contributed by atoms with Gasteiger partial charge in [0.05, 0.1) is 24.3 Å². The summed E-state index contributed by atoms with van der Waals surface area (Å²) in [6, 6.07) is 3.60. The van der Waals surface area contributed by atoms with E-state index < -0.39 is 11.7 Å². The van der Waals surface area contributed by atoms with E-state index in [0.29, 0.717) is 42.0 Å². The number of ether oxygens (including phenoxy) is 2. The summed E-state index contributed by atoms with van der Waals surface area (Å²) in [5.74, 6) is 0.0770. The topological polar surface area (TPSA) is 88.6 Å². The summed E-state index contributed by atoms with van der Waals surface area (Å²) in [5, 5.41) is 6.20. The molecule has 1 unspecified atom stereocenters. The predicted octanol–water partition coefficient (Wildman–Crippen LogP) is 3.14. The second kappa shape index (κ2) is 11.9. The number of pyridine rings is 2. The summed E-state index contributed by atoms with van der Waals surface area (Å²) in [5.41, 5.74) is 1.20. The van der Waals surface area contributed by atoms with Gasteiger partial charge in [-0.1, -0.05) is 13.8 Å². The third kappa shape index (κ3) is 7.56. The monoisotopic (exact) mass is 449 g/mol. The first-order valence-electron chi connectivity index (χ1n) is 11.2. The van der Waals surface area contributed by atoms with Crippen molar-refractivity contribution in [2.75, 3.05) is 39.8 Å². The van der Waals surface area contributed by atoms with Crippen LogP contribution in [0.2, 0.25) is 0 Å². The Hall–Kier alpha value is -2.52. The molecule has 1 amide bonds. The molecule has 0 aliphatic carbocycles. The van der Waals surface area contributed by atoms with Crippen molar-refractivity contribution in [1.29, 1.82) is 0 Å². The molecule has 0 bridgehead atoms. The Morgan fingerprint density at radius 2 is 2.09 bits per heavy atom.